The highest BCUT2D eigenvalue weighted by molar-refractivity contribution is 5.91. The maximum atomic E-state index is 16.8. The van der Waals surface area contributed by atoms with E-state index in [0.717, 1.165) is 18.9 Å². The molecule has 3 atom stereocenters. The lowest BCUT2D eigenvalue weighted by molar-refractivity contribution is -0.683. The summed E-state index contributed by atoms with van der Waals surface area (Å²) >= 11 is 0. The van der Waals surface area contributed by atoms with E-state index in [-0.39, 0.29) is 0 Å². The zero-order valence-corrected chi connectivity index (χ0v) is 35.7. The summed E-state index contributed by atoms with van der Waals surface area (Å²) in [6.07, 6.45) is -102. The molecule has 54 heteroatoms. The van der Waals surface area contributed by atoms with Gasteiger partial charge in [0.1, 0.15) is 0 Å². The second-order valence-corrected chi connectivity index (χ2v) is 15.3. The third kappa shape index (κ3) is 9.02. The largest absolute Gasteiger partial charge is 0.496 e. The van der Waals surface area contributed by atoms with Gasteiger partial charge in [0.15, 0.2) is 0 Å². The van der Waals surface area contributed by atoms with E-state index in [1.807, 2.05) is 0 Å². The highest BCUT2D eigenvalue weighted by Crippen LogP contribution is 2.90. The van der Waals surface area contributed by atoms with Crippen molar-refractivity contribution in [3.05, 3.63) is 35.0 Å². The van der Waals surface area contributed by atoms with Crippen molar-refractivity contribution in [3.8, 4) is 0 Å². The van der Waals surface area contributed by atoms with Gasteiger partial charge in [-0.05, 0) is 0 Å². The molecule has 488 valence electrons. The van der Waals surface area contributed by atoms with Crippen LogP contribution in [0.15, 0.2) is 35.0 Å². The molecule has 0 heterocycles. The average Bonchev–Trinajstić information content (AvgIpc) is 3.17. The lowest BCUT2D eigenvalue weighted by Gasteiger charge is -2.77. The number of halogens is 44. The Kier molecular flexibility index (Phi) is 16.4. The van der Waals surface area contributed by atoms with Crippen molar-refractivity contribution >= 4 is 17.9 Å². The van der Waals surface area contributed by atoms with Gasteiger partial charge in [-0.1, -0.05) is 0 Å². The standard InChI is InChI=1S/C30F44O10/c31-4(32)1(10(37,38)39)7(75)78-24(62,63)27(68,69)81-14-17(47,48)13(46)18(49,50)15(20(14,53)54,82-28(70,71)25(64,65)79-8(76)2(5(33)34)11(40,41)42)22(57,58)16(19(13,51)52,21(14,55)56)83-30(74,23(59,60)61)84-29(72,73)26(66,67)80-9(77)3(6(35)36)12(43,44)45. The molecule has 4 bridgehead atoms. The molecule has 3 unspecified atom stereocenters. The molecule has 4 aliphatic rings. The predicted octanol–water partition coefficient (Wildman–Crippen LogP) is 13.3. The molecule has 4 fully saturated rings. The Morgan fingerprint density at radius 2 is 0.476 bits per heavy atom. The molecule has 0 aromatic carbocycles. The fourth-order valence-corrected chi connectivity index (χ4v) is 7.06. The number of alkyl halides is 38. The lowest BCUT2D eigenvalue weighted by atomic mass is 9.38. The molecule has 0 spiro atoms. The zero-order chi connectivity index (χ0) is 67.6. The van der Waals surface area contributed by atoms with E-state index in [2.05, 4.69) is 0 Å². The minimum absolute atomic E-state index is 0.999. The summed E-state index contributed by atoms with van der Waals surface area (Å²) in [5, 5.41) is 0. The molecule has 0 aliphatic heterocycles. The number of rotatable bonds is 17. The van der Waals surface area contributed by atoms with Crippen molar-refractivity contribution in [1.82, 2.24) is 0 Å². The van der Waals surface area contributed by atoms with Crippen molar-refractivity contribution in [2.75, 3.05) is 0 Å². The first-order valence-corrected chi connectivity index (χ1v) is 18.0. The number of hydrogen-bond acceptors (Lipinski definition) is 10. The lowest BCUT2D eigenvalue weighted by Crippen LogP contribution is -3.12. The van der Waals surface area contributed by atoms with Gasteiger partial charge in [-0.25, -0.2) is 23.5 Å². The molecule has 10 nitrogen and oxygen atoms in total. The number of carbonyl (C=O) groups excluding carboxylic acids is 3. The highest BCUT2D eigenvalue weighted by atomic mass is 19.4. The minimum Gasteiger partial charge on any atom is -0.390 e. The Morgan fingerprint density at radius 1 is 0.274 bits per heavy atom. The van der Waals surface area contributed by atoms with Gasteiger partial charge in [-0.2, -0.15) is 189 Å². The van der Waals surface area contributed by atoms with E-state index in [1.165, 1.54) is 9.47 Å². The number of hydrogen-bond donors (Lipinski definition) is 0. The van der Waals surface area contributed by atoms with Crippen LogP contribution in [0.3, 0.4) is 0 Å². The summed E-state index contributed by atoms with van der Waals surface area (Å²) in [5.41, 5.74) is -56.9. The van der Waals surface area contributed by atoms with Crippen molar-refractivity contribution in [1.29, 1.82) is 0 Å². The van der Waals surface area contributed by atoms with Crippen LogP contribution in [0, 0.1) is 0 Å². The highest BCUT2D eigenvalue weighted by Gasteiger charge is 3.24. The molecule has 0 N–H and O–H groups in total. The Hall–Kier alpha value is -5.61. The van der Waals surface area contributed by atoms with Crippen LogP contribution in [-0.4, -0.2) is 143 Å². The topological polar surface area (TPSA) is 116 Å². The Balaban J connectivity index is 2.84. The molecule has 4 aliphatic carbocycles. The second-order valence-electron chi connectivity index (χ2n) is 15.3. The van der Waals surface area contributed by atoms with E-state index >= 15 is 79.0 Å². The van der Waals surface area contributed by atoms with Gasteiger partial charge < -0.3 is 14.2 Å². The summed E-state index contributed by atoms with van der Waals surface area (Å²) in [6, 6.07) is -9.93. The molecule has 4 saturated carbocycles. The van der Waals surface area contributed by atoms with Crippen molar-refractivity contribution in [2.45, 2.75) is 125 Å². The monoisotopic (exact) mass is 1360 g/mol. The first kappa shape index (κ1) is 72.6. The van der Waals surface area contributed by atoms with Crippen LogP contribution in [0.2, 0.25) is 0 Å². The maximum Gasteiger partial charge on any atom is 0.496 e. The smallest absolute Gasteiger partial charge is 0.390 e. The van der Waals surface area contributed by atoms with Crippen LogP contribution in [0.4, 0.5) is 193 Å². The second kappa shape index (κ2) is 18.9. The van der Waals surface area contributed by atoms with Crippen LogP contribution in [0.25, 0.3) is 0 Å². The predicted molar refractivity (Wildman–Crippen MR) is 150 cm³/mol. The van der Waals surface area contributed by atoms with E-state index < -0.39 is 178 Å². The first-order valence-electron chi connectivity index (χ1n) is 18.0. The van der Waals surface area contributed by atoms with Gasteiger partial charge in [-0.15, -0.1) is 0 Å². The van der Waals surface area contributed by atoms with Crippen LogP contribution in [-0.2, 0) is 47.5 Å². The molecular weight excluding hydrogens is 1360 g/mol. The number of ether oxygens (including phenoxy) is 7. The summed E-state index contributed by atoms with van der Waals surface area (Å²) in [5.74, 6) is -78.6. The SMILES string of the molecule is O=C(OC(F)(F)C(F)(F)OC(F)(OC12C(F)(F)C3(F)C(F)(F)C(OC(F)(F)C(F)(F)OC(=O)C(=C(F)F)C(F)(F)F)(C(F)(F)C(OC(F)(F)C(F)(F)OC(=O)C(=C(F)F)C(F)(F)F)(C3(F)F)C1(F)F)C2(F)F)C(F)(F)F)C(=C(F)F)C(F)(F)F. The van der Waals surface area contributed by atoms with Crippen LogP contribution >= 0.6 is 0 Å². The van der Waals surface area contributed by atoms with Crippen molar-refractivity contribution in [3.63, 3.8) is 0 Å². The van der Waals surface area contributed by atoms with E-state index in [9.17, 15) is 129 Å². The molecule has 4 rings (SSSR count). The molecule has 0 amide bonds. The number of esters is 3. The molecule has 0 aromatic heterocycles. The quantitative estimate of drug-likeness (QED) is 0.0458. The van der Waals surface area contributed by atoms with Gasteiger partial charge in [-0.3, -0.25) is 14.2 Å². The summed E-state index contributed by atoms with van der Waals surface area (Å²) in [4.78, 5) is 34.1. The zero-order valence-electron chi connectivity index (χ0n) is 35.7. The molecule has 0 radical (unpaired) electrons. The summed E-state index contributed by atoms with van der Waals surface area (Å²) in [6.45, 7) is 0. The van der Waals surface area contributed by atoms with E-state index in [4.69, 9.17) is 0 Å². The van der Waals surface area contributed by atoms with Gasteiger partial charge in [0.05, 0.1) is 0 Å². The molecular formula is C30F44O10. The minimum atomic E-state index is -10.7. The normalized spacial score (nSPS) is 27.3. The summed E-state index contributed by atoms with van der Waals surface area (Å²) < 4.78 is 652. The van der Waals surface area contributed by atoms with Gasteiger partial charge in [0, 0.05) is 0 Å². The third-order valence-corrected chi connectivity index (χ3v) is 10.4. The maximum absolute atomic E-state index is 16.8. The Bertz CT molecular complexity index is 2630. The van der Waals surface area contributed by atoms with E-state index in [0.29, 0.717) is 0 Å². The first-order chi connectivity index (χ1) is 36.2. The van der Waals surface area contributed by atoms with Crippen molar-refractivity contribution < 1.29 is 241 Å². The fourth-order valence-electron chi connectivity index (χ4n) is 7.06. The Labute approximate surface area is 420 Å². The van der Waals surface area contributed by atoms with E-state index in [1.54, 1.807) is 4.74 Å². The fraction of sp³-hybridized carbons (Fsp3) is 0.700. The molecule has 0 aromatic rings. The van der Waals surface area contributed by atoms with Crippen LogP contribution in [0.1, 0.15) is 0 Å². The van der Waals surface area contributed by atoms with Crippen LogP contribution < -0.4 is 0 Å². The average molecular weight is 1360 g/mol. The number of carbonyl (C=O) groups is 3. The van der Waals surface area contributed by atoms with Gasteiger partial charge >= 0.3 is 127 Å². The summed E-state index contributed by atoms with van der Waals surface area (Å²) in [7, 11) is 0. The van der Waals surface area contributed by atoms with Crippen LogP contribution in [0.5, 0.6) is 0 Å². The molecule has 84 heavy (non-hydrogen) atoms. The van der Waals surface area contributed by atoms with Gasteiger partial charge in [0.2, 0.25) is 16.7 Å². The third-order valence-electron chi connectivity index (χ3n) is 10.4. The molecule has 0 saturated heterocycles. The van der Waals surface area contributed by atoms with Gasteiger partial charge in [0.25, 0.3) is 35.0 Å². The Morgan fingerprint density at radius 3 is 0.667 bits per heavy atom. The van der Waals surface area contributed by atoms with Crippen molar-refractivity contribution in [2.24, 2.45) is 0 Å².